The van der Waals surface area contributed by atoms with Crippen LogP contribution in [0.5, 0.6) is 0 Å². The lowest BCUT2D eigenvalue weighted by atomic mass is 9.94. The Hall–Kier alpha value is -1.49. The highest BCUT2D eigenvalue weighted by molar-refractivity contribution is 5.82. The van der Waals surface area contributed by atoms with E-state index in [1.807, 2.05) is 0 Å². The van der Waals surface area contributed by atoms with Crippen LogP contribution in [0, 0.1) is 17.6 Å². The average Bonchev–Trinajstić information content (AvgIpc) is 3.36. The first-order chi connectivity index (χ1) is 11.6. The van der Waals surface area contributed by atoms with Gasteiger partial charge in [-0.2, -0.15) is 0 Å². The predicted molar refractivity (Wildman–Crippen MR) is 89.7 cm³/mol. The summed E-state index contributed by atoms with van der Waals surface area (Å²) in [6, 6.07) is 4.49. The summed E-state index contributed by atoms with van der Waals surface area (Å²) in [5.74, 6) is -1.79. The summed E-state index contributed by atoms with van der Waals surface area (Å²) < 4.78 is 27.5. The lowest BCUT2D eigenvalue weighted by Crippen LogP contribution is -2.39. The summed E-state index contributed by atoms with van der Waals surface area (Å²) in [5, 5.41) is 2.93. The lowest BCUT2D eigenvalue weighted by Gasteiger charge is -2.31. The Morgan fingerprint density at radius 2 is 1.88 bits per heavy atom. The summed E-state index contributed by atoms with van der Waals surface area (Å²) in [6.07, 6.45) is 6.92. The molecule has 0 radical (unpaired) electrons. The largest absolute Gasteiger partial charge is 0.355 e. The first-order valence-corrected chi connectivity index (χ1v) is 8.99. The van der Waals surface area contributed by atoms with E-state index in [1.165, 1.54) is 50.3 Å². The van der Waals surface area contributed by atoms with Crippen LogP contribution in [0.4, 0.5) is 8.78 Å². The van der Waals surface area contributed by atoms with Crippen molar-refractivity contribution in [3.63, 3.8) is 0 Å². The number of carbonyl (C=O) groups is 1. The maximum absolute atomic E-state index is 13.8. The molecular weight excluding hydrogens is 310 g/mol. The number of carbonyl (C=O) groups excluding carboxylic acids is 1. The molecule has 132 valence electrons. The second-order valence-electron chi connectivity index (χ2n) is 7.15. The highest BCUT2D eigenvalue weighted by Gasteiger charge is 2.46. The van der Waals surface area contributed by atoms with E-state index < -0.39 is 11.6 Å². The van der Waals surface area contributed by atoms with Gasteiger partial charge in [0.05, 0.1) is 0 Å². The maximum atomic E-state index is 13.8. The molecule has 3 nitrogen and oxygen atoms in total. The molecule has 0 spiro atoms. The molecule has 2 aliphatic rings. The van der Waals surface area contributed by atoms with Crippen LogP contribution in [0.1, 0.15) is 50.0 Å². The zero-order valence-electron chi connectivity index (χ0n) is 14.2. The molecule has 2 atom stereocenters. The fraction of sp³-hybridized carbons (Fsp3) is 0.632. The molecule has 0 aliphatic heterocycles. The van der Waals surface area contributed by atoms with Crippen molar-refractivity contribution in [3.05, 3.63) is 35.4 Å². The molecule has 24 heavy (non-hydrogen) atoms. The predicted octanol–water partition coefficient (Wildman–Crippen LogP) is 3.45. The van der Waals surface area contributed by atoms with Crippen LogP contribution in [-0.2, 0) is 4.79 Å². The zero-order valence-corrected chi connectivity index (χ0v) is 14.2. The summed E-state index contributed by atoms with van der Waals surface area (Å²) in [6.45, 7) is 1.41. The van der Waals surface area contributed by atoms with Crippen molar-refractivity contribution in [1.29, 1.82) is 0 Å². The Kier molecular flexibility index (Phi) is 5.49. The van der Waals surface area contributed by atoms with E-state index in [0.717, 1.165) is 6.54 Å². The van der Waals surface area contributed by atoms with Crippen LogP contribution in [0.15, 0.2) is 18.2 Å². The van der Waals surface area contributed by atoms with Crippen LogP contribution in [0.2, 0.25) is 0 Å². The molecule has 1 aromatic carbocycles. The maximum Gasteiger partial charge on any atom is 0.223 e. The topological polar surface area (TPSA) is 32.3 Å². The minimum atomic E-state index is -0.549. The Labute approximate surface area is 142 Å². The second kappa shape index (κ2) is 7.60. The quantitative estimate of drug-likeness (QED) is 0.863. The van der Waals surface area contributed by atoms with E-state index >= 15 is 0 Å². The summed E-state index contributed by atoms with van der Waals surface area (Å²) in [4.78, 5) is 14.5. The first-order valence-electron chi connectivity index (χ1n) is 8.99. The van der Waals surface area contributed by atoms with Crippen LogP contribution in [0.25, 0.3) is 0 Å². The number of nitrogens with zero attached hydrogens (tertiary/aromatic N) is 1. The van der Waals surface area contributed by atoms with Gasteiger partial charge in [0.25, 0.3) is 0 Å². The van der Waals surface area contributed by atoms with Gasteiger partial charge in [0.2, 0.25) is 5.91 Å². The molecule has 2 unspecified atom stereocenters. The van der Waals surface area contributed by atoms with E-state index in [0.29, 0.717) is 19.0 Å². The molecular formula is C19H26F2N2O. The molecule has 0 heterocycles. The molecule has 0 saturated heterocycles. The number of halogens is 2. The van der Waals surface area contributed by atoms with Gasteiger partial charge in [-0.25, -0.2) is 8.78 Å². The van der Waals surface area contributed by atoms with Crippen molar-refractivity contribution >= 4 is 5.91 Å². The van der Waals surface area contributed by atoms with Crippen molar-refractivity contribution in [2.75, 3.05) is 20.1 Å². The Bertz CT molecular complexity index is 566. The monoisotopic (exact) mass is 336 g/mol. The van der Waals surface area contributed by atoms with Gasteiger partial charge in [-0.3, -0.25) is 4.79 Å². The molecule has 0 aromatic heterocycles. The van der Waals surface area contributed by atoms with Gasteiger partial charge >= 0.3 is 0 Å². The van der Waals surface area contributed by atoms with E-state index in [9.17, 15) is 13.6 Å². The molecule has 5 heteroatoms. The van der Waals surface area contributed by atoms with Gasteiger partial charge in [-0.15, -0.1) is 0 Å². The number of amides is 1. The molecule has 2 fully saturated rings. The van der Waals surface area contributed by atoms with Gasteiger partial charge in [0, 0.05) is 36.5 Å². The number of nitrogens with one attached hydrogen (secondary N) is 1. The molecule has 0 bridgehead atoms. The SMILES string of the molecule is CN(CCNC(=O)C1CC1c1c(F)cccc1F)C1CCCCC1. The second-order valence-corrected chi connectivity index (χ2v) is 7.15. The molecule has 2 saturated carbocycles. The summed E-state index contributed by atoms with van der Waals surface area (Å²) in [7, 11) is 2.11. The third-order valence-electron chi connectivity index (χ3n) is 5.46. The number of benzene rings is 1. The van der Waals surface area contributed by atoms with Crippen molar-refractivity contribution in [2.45, 2.75) is 50.5 Å². The van der Waals surface area contributed by atoms with Crippen LogP contribution in [-0.4, -0.2) is 37.0 Å². The number of hydrogen-bond donors (Lipinski definition) is 1. The van der Waals surface area contributed by atoms with Crippen LogP contribution >= 0.6 is 0 Å². The Morgan fingerprint density at radius 3 is 2.54 bits per heavy atom. The van der Waals surface area contributed by atoms with Gasteiger partial charge in [-0.1, -0.05) is 25.3 Å². The zero-order chi connectivity index (χ0) is 17.1. The standard InChI is InChI=1S/C19H26F2N2O/c1-23(13-6-3-2-4-7-13)11-10-22-19(24)15-12-14(15)18-16(20)8-5-9-17(18)21/h5,8-9,13-15H,2-4,6-7,10-12H2,1H3,(H,22,24). The summed E-state index contributed by atoms with van der Waals surface area (Å²) >= 11 is 0. The first kappa shape index (κ1) is 17.3. The van der Waals surface area contributed by atoms with Crippen molar-refractivity contribution < 1.29 is 13.6 Å². The van der Waals surface area contributed by atoms with Gasteiger partial charge in [0.15, 0.2) is 0 Å². The van der Waals surface area contributed by atoms with Gasteiger partial charge in [0.1, 0.15) is 11.6 Å². The van der Waals surface area contributed by atoms with Crippen molar-refractivity contribution in [3.8, 4) is 0 Å². The molecule has 3 rings (SSSR count). The highest BCUT2D eigenvalue weighted by Crippen LogP contribution is 2.49. The number of rotatable bonds is 6. The van der Waals surface area contributed by atoms with Crippen molar-refractivity contribution in [1.82, 2.24) is 10.2 Å². The van der Waals surface area contributed by atoms with E-state index in [2.05, 4.69) is 17.3 Å². The minimum absolute atomic E-state index is 0.0666. The Balaban J connectivity index is 1.44. The molecule has 1 amide bonds. The number of likely N-dealkylation sites (N-methyl/N-ethyl adjacent to an activating group) is 1. The van der Waals surface area contributed by atoms with Gasteiger partial charge in [-0.05, 0) is 38.4 Å². The fourth-order valence-electron chi connectivity index (χ4n) is 3.86. The Morgan fingerprint density at radius 1 is 1.21 bits per heavy atom. The van der Waals surface area contributed by atoms with Crippen LogP contribution in [0.3, 0.4) is 0 Å². The average molecular weight is 336 g/mol. The highest BCUT2D eigenvalue weighted by atomic mass is 19.1. The minimum Gasteiger partial charge on any atom is -0.355 e. The third kappa shape index (κ3) is 3.94. The van der Waals surface area contributed by atoms with Gasteiger partial charge < -0.3 is 10.2 Å². The molecule has 2 aliphatic carbocycles. The van der Waals surface area contributed by atoms with E-state index in [1.54, 1.807) is 0 Å². The number of hydrogen-bond acceptors (Lipinski definition) is 2. The fourth-order valence-corrected chi connectivity index (χ4v) is 3.86. The lowest BCUT2D eigenvalue weighted by molar-refractivity contribution is -0.122. The normalized spacial score (nSPS) is 24.2. The van der Waals surface area contributed by atoms with Crippen LogP contribution < -0.4 is 5.32 Å². The van der Waals surface area contributed by atoms with E-state index in [-0.39, 0.29) is 23.3 Å². The molecule has 1 N–H and O–H groups in total. The smallest absolute Gasteiger partial charge is 0.223 e. The summed E-state index contributed by atoms with van der Waals surface area (Å²) in [5.41, 5.74) is 0.0666. The molecule has 1 aromatic rings. The third-order valence-corrected chi connectivity index (χ3v) is 5.46. The van der Waals surface area contributed by atoms with Crippen molar-refractivity contribution in [2.24, 2.45) is 5.92 Å². The van der Waals surface area contributed by atoms with E-state index in [4.69, 9.17) is 0 Å².